The molecule has 1 heterocycles. The lowest BCUT2D eigenvalue weighted by Crippen LogP contribution is -2.26. The van der Waals surface area contributed by atoms with Crippen molar-refractivity contribution in [2.45, 2.75) is 17.7 Å². The van der Waals surface area contributed by atoms with Crippen LogP contribution in [0.4, 0.5) is 5.69 Å². The number of hydrogen-bond acceptors (Lipinski definition) is 6. The topological polar surface area (TPSA) is 91.1 Å². The van der Waals surface area contributed by atoms with Gasteiger partial charge in [-0.15, -0.1) is 11.3 Å². The van der Waals surface area contributed by atoms with Crippen molar-refractivity contribution in [1.29, 1.82) is 5.26 Å². The zero-order valence-electron chi connectivity index (χ0n) is 18.5. The Morgan fingerprint density at radius 3 is 2.41 bits per heavy atom. The number of rotatable bonds is 7. The van der Waals surface area contributed by atoms with Gasteiger partial charge < -0.3 is 0 Å². The van der Waals surface area contributed by atoms with E-state index in [4.69, 9.17) is 0 Å². The number of hydrogen-bond donors (Lipinski definition) is 0. The number of sulfonamides is 1. The SMILES string of the molecule is Cc1ccc(-c2csc(C(C#N)C(=O)c3cccc(S(=O)(=O)N(C)c4ccccc4)c3)n2)cc1. The average Bonchev–Trinajstić information content (AvgIpc) is 3.35. The fourth-order valence-electron chi connectivity index (χ4n) is 3.41. The largest absolute Gasteiger partial charge is 0.292 e. The molecule has 0 aliphatic rings. The van der Waals surface area contributed by atoms with Gasteiger partial charge in [-0.05, 0) is 31.2 Å². The molecule has 1 aromatic heterocycles. The van der Waals surface area contributed by atoms with Crippen LogP contribution in [0.3, 0.4) is 0 Å². The van der Waals surface area contributed by atoms with Gasteiger partial charge in [-0.25, -0.2) is 13.4 Å². The molecule has 0 fully saturated rings. The summed E-state index contributed by atoms with van der Waals surface area (Å²) in [6.07, 6.45) is 0. The van der Waals surface area contributed by atoms with Gasteiger partial charge in [0.2, 0.25) is 0 Å². The van der Waals surface area contributed by atoms with Crippen LogP contribution in [0.5, 0.6) is 0 Å². The Morgan fingerprint density at radius 1 is 1.03 bits per heavy atom. The molecular formula is C26H21N3O3S2. The maximum atomic E-state index is 13.2. The summed E-state index contributed by atoms with van der Waals surface area (Å²) in [6.45, 7) is 1.99. The number of carbonyl (C=O) groups is 1. The molecule has 0 spiro atoms. The van der Waals surface area contributed by atoms with Gasteiger partial charge in [0.1, 0.15) is 5.01 Å². The molecule has 0 bridgehead atoms. The number of aromatic nitrogens is 1. The maximum absolute atomic E-state index is 13.2. The first-order chi connectivity index (χ1) is 16.3. The first kappa shape index (κ1) is 23.4. The Kier molecular flexibility index (Phi) is 6.59. The molecule has 0 saturated carbocycles. The lowest BCUT2D eigenvalue weighted by molar-refractivity contribution is 0.0978. The number of aryl methyl sites for hydroxylation is 1. The fourth-order valence-corrected chi connectivity index (χ4v) is 5.52. The van der Waals surface area contributed by atoms with E-state index in [0.717, 1.165) is 15.4 Å². The van der Waals surface area contributed by atoms with Crippen molar-refractivity contribution in [2.24, 2.45) is 0 Å². The lowest BCUT2D eigenvalue weighted by atomic mass is 9.99. The van der Waals surface area contributed by atoms with Crippen LogP contribution in [0.1, 0.15) is 26.8 Å². The number of nitriles is 1. The first-order valence-electron chi connectivity index (χ1n) is 10.4. The van der Waals surface area contributed by atoms with Crippen LogP contribution in [0.2, 0.25) is 0 Å². The number of thiazole rings is 1. The number of anilines is 1. The van der Waals surface area contributed by atoms with E-state index >= 15 is 0 Å². The summed E-state index contributed by atoms with van der Waals surface area (Å²) < 4.78 is 27.4. The second-order valence-electron chi connectivity index (χ2n) is 7.70. The van der Waals surface area contributed by atoms with Crippen LogP contribution in [0.15, 0.2) is 89.1 Å². The molecule has 0 aliphatic heterocycles. The Morgan fingerprint density at radius 2 is 1.74 bits per heavy atom. The van der Waals surface area contributed by atoms with Gasteiger partial charge in [0.15, 0.2) is 11.7 Å². The Bertz CT molecular complexity index is 1470. The maximum Gasteiger partial charge on any atom is 0.264 e. The minimum absolute atomic E-state index is 0.0270. The minimum Gasteiger partial charge on any atom is -0.292 e. The lowest BCUT2D eigenvalue weighted by Gasteiger charge is -2.19. The molecule has 4 rings (SSSR count). The zero-order valence-corrected chi connectivity index (χ0v) is 20.2. The van der Waals surface area contributed by atoms with Gasteiger partial charge >= 0.3 is 0 Å². The molecule has 4 aromatic rings. The Balaban J connectivity index is 1.62. The summed E-state index contributed by atoms with van der Waals surface area (Å²) in [4.78, 5) is 17.7. The van der Waals surface area contributed by atoms with Crippen molar-refractivity contribution >= 4 is 32.8 Å². The van der Waals surface area contributed by atoms with Crippen molar-refractivity contribution in [1.82, 2.24) is 4.98 Å². The molecule has 3 aromatic carbocycles. The number of nitrogens with zero attached hydrogens (tertiary/aromatic N) is 3. The Labute approximate surface area is 202 Å². The highest BCUT2D eigenvalue weighted by Crippen LogP contribution is 2.30. The monoisotopic (exact) mass is 487 g/mol. The molecule has 0 amide bonds. The molecule has 170 valence electrons. The summed E-state index contributed by atoms with van der Waals surface area (Å²) in [7, 11) is -2.44. The van der Waals surface area contributed by atoms with E-state index in [9.17, 15) is 18.5 Å². The standard InChI is InChI=1S/C26H21N3O3S2/c1-18-11-13-19(14-12-18)24-17-33-26(28-24)23(16-27)25(30)20-7-6-10-22(15-20)34(31,32)29(2)21-8-4-3-5-9-21/h3-15,17,23H,1-2H3. The van der Waals surface area contributed by atoms with E-state index in [1.165, 1.54) is 42.6 Å². The first-order valence-corrected chi connectivity index (χ1v) is 12.7. The van der Waals surface area contributed by atoms with E-state index in [0.29, 0.717) is 16.4 Å². The number of para-hydroxylation sites is 1. The highest BCUT2D eigenvalue weighted by molar-refractivity contribution is 7.92. The third-order valence-electron chi connectivity index (χ3n) is 5.40. The molecule has 34 heavy (non-hydrogen) atoms. The smallest absolute Gasteiger partial charge is 0.264 e. The van der Waals surface area contributed by atoms with Gasteiger partial charge in [-0.2, -0.15) is 5.26 Å². The van der Waals surface area contributed by atoms with Crippen LogP contribution in [-0.4, -0.2) is 26.2 Å². The molecule has 0 saturated heterocycles. The molecule has 0 radical (unpaired) electrons. The van der Waals surface area contributed by atoms with E-state index in [2.05, 4.69) is 4.98 Å². The molecule has 0 aliphatic carbocycles. The molecule has 0 N–H and O–H groups in total. The van der Waals surface area contributed by atoms with E-state index < -0.39 is 21.7 Å². The quantitative estimate of drug-likeness (QED) is 0.324. The van der Waals surface area contributed by atoms with Gasteiger partial charge in [-0.3, -0.25) is 9.10 Å². The predicted molar refractivity (Wildman–Crippen MR) is 133 cm³/mol. The fraction of sp³-hybridized carbons (Fsp3) is 0.115. The number of ketones is 1. The molecular weight excluding hydrogens is 466 g/mol. The second kappa shape index (κ2) is 9.59. The Hall–Kier alpha value is -3.80. The number of carbonyl (C=O) groups excluding carboxylic acids is 1. The summed E-state index contributed by atoms with van der Waals surface area (Å²) in [5, 5.41) is 11.9. The molecule has 8 heteroatoms. The van der Waals surface area contributed by atoms with Crippen molar-refractivity contribution in [3.05, 3.63) is 100 Å². The summed E-state index contributed by atoms with van der Waals surface area (Å²) in [5.74, 6) is -1.62. The van der Waals surface area contributed by atoms with Crippen LogP contribution in [-0.2, 0) is 10.0 Å². The van der Waals surface area contributed by atoms with E-state index in [1.807, 2.05) is 42.6 Å². The van der Waals surface area contributed by atoms with Crippen LogP contribution < -0.4 is 4.31 Å². The second-order valence-corrected chi connectivity index (χ2v) is 10.6. The zero-order chi connectivity index (χ0) is 24.3. The van der Waals surface area contributed by atoms with Gasteiger partial charge in [0, 0.05) is 23.6 Å². The van der Waals surface area contributed by atoms with Crippen molar-refractivity contribution in [3.8, 4) is 17.3 Å². The van der Waals surface area contributed by atoms with E-state index in [-0.39, 0.29) is 10.5 Å². The third kappa shape index (κ3) is 4.62. The normalized spacial score (nSPS) is 12.0. The van der Waals surface area contributed by atoms with Crippen LogP contribution in [0, 0.1) is 18.3 Å². The molecule has 6 nitrogen and oxygen atoms in total. The summed E-state index contributed by atoms with van der Waals surface area (Å²) in [5.41, 5.74) is 3.35. The minimum atomic E-state index is -3.90. The highest BCUT2D eigenvalue weighted by atomic mass is 32.2. The van der Waals surface area contributed by atoms with Crippen molar-refractivity contribution in [2.75, 3.05) is 11.4 Å². The van der Waals surface area contributed by atoms with Crippen LogP contribution >= 0.6 is 11.3 Å². The molecule has 1 atom stereocenters. The predicted octanol–water partition coefficient (Wildman–Crippen LogP) is 5.43. The molecule has 1 unspecified atom stereocenters. The van der Waals surface area contributed by atoms with Crippen molar-refractivity contribution < 1.29 is 13.2 Å². The van der Waals surface area contributed by atoms with Crippen molar-refractivity contribution in [3.63, 3.8) is 0 Å². The number of benzene rings is 3. The summed E-state index contributed by atoms with van der Waals surface area (Å²) in [6, 6.07) is 24.3. The van der Waals surface area contributed by atoms with E-state index in [1.54, 1.807) is 30.3 Å². The summed E-state index contributed by atoms with van der Waals surface area (Å²) >= 11 is 1.24. The number of Topliss-reactive ketones (excluding diaryl/α,β-unsaturated/α-hetero) is 1. The van der Waals surface area contributed by atoms with Gasteiger partial charge in [-0.1, -0.05) is 60.2 Å². The third-order valence-corrected chi connectivity index (χ3v) is 8.10. The van der Waals surface area contributed by atoms with Crippen LogP contribution in [0.25, 0.3) is 11.3 Å². The highest BCUT2D eigenvalue weighted by Gasteiger charge is 2.28. The average molecular weight is 488 g/mol. The van der Waals surface area contributed by atoms with Gasteiger partial charge in [0.25, 0.3) is 10.0 Å². The van der Waals surface area contributed by atoms with Gasteiger partial charge in [0.05, 0.1) is 22.3 Å².